The molecule has 0 heterocycles. The van der Waals surface area contributed by atoms with Crippen molar-refractivity contribution in [3.8, 4) is 5.75 Å². The summed E-state index contributed by atoms with van der Waals surface area (Å²) in [6.45, 7) is 9.07. The largest absolute Gasteiger partial charge is 0.494 e. The fourth-order valence-electron chi connectivity index (χ4n) is 2.45. The Bertz CT molecular complexity index is 718. The third-order valence-electron chi connectivity index (χ3n) is 4.00. The van der Waals surface area contributed by atoms with Gasteiger partial charge >= 0.3 is 0 Å². The van der Waals surface area contributed by atoms with Gasteiger partial charge in [0.15, 0.2) is 0 Å². The van der Waals surface area contributed by atoms with Gasteiger partial charge in [-0.3, -0.25) is 4.79 Å². The SMILES string of the molecule is Cc1cc(Br)ccc1NC(=O)CCCOc1ccc(C(C)(C)C)cc1. The first-order valence-corrected chi connectivity index (χ1v) is 9.34. The summed E-state index contributed by atoms with van der Waals surface area (Å²) in [7, 11) is 0. The van der Waals surface area contributed by atoms with Crippen molar-refractivity contribution in [2.75, 3.05) is 11.9 Å². The highest BCUT2D eigenvalue weighted by Crippen LogP contribution is 2.24. The van der Waals surface area contributed by atoms with Crippen LogP contribution in [0, 0.1) is 6.92 Å². The predicted octanol–water partition coefficient (Wildman–Crippen LogP) is 5.85. The van der Waals surface area contributed by atoms with Crippen LogP contribution in [0.25, 0.3) is 0 Å². The zero-order valence-electron chi connectivity index (χ0n) is 15.4. The van der Waals surface area contributed by atoms with Crippen molar-refractivity contribution in [3.63, 3.8) is 0 Å². The Morgan fingerprint density at radius 1 is 1.12 bits per heavy atom. The molecule has 0 aromatic heterocycles. The van der Waals surface area contributed by atoms with E-state index < -0.39 is 0 Å². The van der Waals surface area contributed by atoms with Gasteiger partial charge in [0.2, 0.25) is 5.91 Å². The maximum Gasteiger partial charge on any atom is 0.224 e. The Balaban J connectivity index is 1.74. The quantitative estimate of drug-likeness (QED) is 0.613. The highest BCUT2D eigenvalue weighted by molar-refractivity contribution is 9.10. The minimum Gasteiger partial charge on any atom is -0.494 e. The molecule has 0 bridgehead atoms. The predicted molar refractivity (Wildman–Crippen MR) is 107 cm³/mol. The lowest BCUT2D eigenvalue weighted by atomic mass is 9.87. The lowest BCUT2D eigenvalue weighted by Crippen LogP contribution is -2.13. The molecule has 3 nitrogen and oxygen atoms in total. The zero-order chi connectivity index (χ0) is 18.4. The van der Waals surface area contributed by atoms with Gasteiger partial charge in [0.1, 0.15) is 5.75 Å². The Kier molecular flexibility index (Phi) is 6.65. The summed E-state index contributed by atoms with van der Waals surface area (Å²) in [4.78, 5) is 12.0. The van der Waals surface area contributed by atoms with Gasteiger partial charge in [0.05, 0.1) is 6.61 Å². The maximum absolute atomic E-state index is 12.0. The van der Waals surface area contributed by atoms with Crippen LogP contribution in [0.3, 0.4) is 0 Å². The monoisotopic (exact) mass is 403 g/mol. The van der Waals surface area contributed by atoms with E-state index in [0.29, 0.717) is 19.4 Å². The number of hydrogen-bond acceptors (Lipinski definition) is 2. The molecule has 0 atom stereocenters. The molecule has 0 aliphatic heterocycles. The lowest BCUT2D eigenvalue weighted by molar-refractivity contribution is -0.116. The molecule has 134 valence electrons. The van der Waals surface area contributed by atoms with Crippen LogP contribution < -0.4 is 10.1 Å². The van der Waals surface area contributed by atoms with Gasteiger partial charge in [-0.1, -0.05) is 48.8 Å². The number of nitrogens with one attached hydrogen (secondary N) is 1. The Morgan fingerprint density at radius 2 is 1.80 bits per heavy atom. The fraction of sp³-hybridized carbons (Fsp3) is 0.381. The first-order chi connectivity index (χ1) is 11.8. The number of ether oxygens (including phenoxy) is 1. The molecule has 2 rings (SSSR count). The summed E-state index contributed by atoms with van der Waals surface area (Å²) in [5.74, 6) is 0.856. The Labute approximate surface area is 158 Å². The number of halogens is 1. The van der Waals surface area contributed by atoms with Crippen LogP contribution in [0.1, 0.15) is 44.7 Å². The summed E-state index contributed by atoms with van der Waals surface area (Å²) >= 11 is 3.42. The number of hydrogen-bond donors (Lipinski definition) is 1. The average molecular weight is 404 g/mol. The second-order valence-corrected chi connectivity index (χ2v) is 8.15. The van der Waals surface area contributed by atoms with Crippen LogP contribution >= 0.6 is 15.9 Å². The normalized spacial score (nSPS) is 11.2. The topological polar surface area (TPSA) is 38.3 Å². The van der Waals surface area contributed by atoms with E-state index in [2.05, 4.69) is 54.2 Å². The van der Waals surface area contributed by atoms with Crippen LogP contribution in [0.15, 0.2) is 46.9 Å². The summed E-state index contributed by atoms with van der Waals surface area (Å²) in [5.41, 5.74) is 3.32. The first kappa shape index (κ1) is 19.5. The minimum atomic E-state index is 0.0112. The molecule has 0 spiro atoms. The van der Waals surface area contributed by atoms with Gasteiger partial charge in [-0.15, -0.1) is 0 Å². The zero-order valence-corrected chi connectivity index (χ0v) is 16.9. The van der Waals surface area contributed by atoms with E-state index in [0.717, 1.165) is 21.5 Å². The Morgan fingerprint density at radius 3 is 2.40 bits per heavy atom. The molecule has 0 saturated heterocycles. The van der Waals surface area contributed by atoms with E-state index >= 15 is 0 Å². The second kappa shape index (κ2) is 8.52. The summed E-state index contributed by atoms with van der Waals surface area (Å²) in [5, 5.41) is 2.94. The molecule has 0 aliphatic rings. The lowest BCUT2D eigenvalue weighted by Gasteiger charge is -2.19. The number of carbonyl (C=O) groups excluding carboxylic acids is 1. The highest BCUT2D eigenvalue weighted by atomic mass is 79.9. The fourth-order valence-corrected chi connectivity index (χ4v) is 2.93. The van der Waals surface area contributed by atoms with Crippen molar-refractivity contribution < 1.29 is 9.53 Å². The molecule has 0 saturated carbocycles. The Hall–Kier alpha value is -1.81. The van der Waals surface area contributed by atoms with Crippen LogP contribution in [-0.4, -0.2) is 12.5 Å². The first-order valence-electron chi connectivity index (χ1n) is 8.55. The summed E-state index contributed by atoms with van der Waals surface area (Å²) in [6.07, 6.45) is 1.12. The second-order valence-electron chi connectivity index (χ2n) is 7.23. The highest BCUT2D eigenvalue weighted by Gasteiger charge is 2.13. The molecule has 0 unspecified atom stereocenters. The minimum absolute atomic E-state index is 0.0112. The molecule has 0 fully saturated rings. The van der Waals surface area contributed by atoms with Gasteiger partial charge < -0.3 is 10.1 Å². The van der Waals surface area contributed by atoms with E-state index in [4.69, 9.17) is 4.74 Å². The average Bonchev–Trinajstić information content (AvgIpc) is 2.54. The van der Waals surface area contributed by atoms with Crippen molar-refractivity contribution in [2.45, 2.75) is 46.0 Å². The van der Waals surface area contributed by atoms with Gasteiger partial charge in [-0.05, 0) is 60.2 Å². The van der Waals surface area contributed by atoms with Crippen LogP contribution in [-0.2, 0) is 10.2 Å². The third kappa shape index (κ3) is 6.20. The van der Waals surface area contributed by atoms with Gasteiger partial charge in [-0.2, -0.15) is 0 Å². The number of aryl methyl sites for hydroxylation is 1. The molecule has 25 heavy (non-hydrogen) atoms. The molecule has 2 aromatic carbocycles. The molecule has 2 aromatic rings. The number of amides is 1. The van der Waals surface area contributed by atoms with Crippen LogP contribution in [0.4, 0.5) is 5.69 Å². The van der Waals surface area contributed by atoms with E-state index in [9.17, 15) is 4.79 Å². The van der Waals surface area contributed by atoms with E-state index in [1.165, 1.54) is 5.56 Å². The van der Waals surface area contributed by atoms with Crippen molar-refractivity contribution >= 4 is 27.5 Å². The van der Waals surface area contributed by atoms with E-state index in [-0.39, 0.29) is 11.3 Å². The molecular weight excluding hydrogens is 378 g/mol. The van der Waals surface area contributed by atoms with E-state index in [1.54, 1.807) is 0 Å². The molecule has 1 N–H and O–H groups in total. The van der Waals surface area contributed by atoms with Crippen LogP contribution in [0.2, 0.25) is 0 Å². The van der Waals surface area contributed by atoms with Gasteiger partial charge in [-0.25, -0.2) is 0 Å². The molecule has 0 aliphatic carbocycles. The molecule has 0 radical (unpaired) electrons. The van der Waals surface area contributed by atoms with Crippen molar-refractivity contribution in [2.24, 2.45) is 0 Å². The number of rotatable bonds is 6. The smallest absolute Gasteiger partial charge is 0.224 e. The number of anilines is 1. The van der Waals surface area contributed by atoms with Crippen molar-refractivity contribution in [1.29, 1.82) is 0 Å². The van der Waals surface area contributed by atoms with E-state index in [1.807, 2.05) is 37.3 Å². The van der Waals surface area contributed by atoms with Crippen molar-refractivity contribution in [3.05, 3.63) is 58.1 Å². The van der Waals surface area contributed by atoms with Gasteiger partial charge in [0, 0.05) is 16.6 Å². The van der Waals surface area contributed by atoms with Crippen molar-refractivity contribution in [1.82, 2.24) is 0 Å². The standard InChI is InChI=1S/C21H26BrNO2/c1-15-14-17(22)9-12-19(15)23-20(24)6-5-13-25-18-10-7-16(8-11-18)21(2,3)4/h7-12,14H,5-6,13H2,1-4H3,(H,23,24). The third-order valence-corrected chi connectivity index (χ3v) is 4.49. The maximum atomic E-state index is 12.0. The molecule has 1 amide bonds. The number of benzene rings is 2. The van der Waals surface area contributed by atoms with Gasteiger partial charge in [0.25, 0.3) is 0 Å². The molecular formula is C21H26BrNO2. The molecule has 4 heteroatoms. The summed E-state index contributed by atoms with van der Waals surface area (Å²) in [6, 6.07) is 14.0. The number of carbonyl (C=O) groups is 1. The van der Waals surface area contributed by atoms with Crippen LogP contribution in [0.5, 0.6) is 5.75 Å². The summed E-state index contributed by atoms with van der Waals surface area (Å²) < 4.78 is 6.74.